The van der Waals surface area contributed by atoms with Crippen LogP contribution in [0.1, 0.15) is 36.2 Å². The van der Waals surface area contributed by atoms with E-state index in [1.807, 2.05) is 0 Å². The van der Waals surface area contributed by atoms with Crippen LogP contribution in [0.25, 0.3) is 0 Å². The second kappa shape index (κ2) is 7.71. The molecule has 1 aromatic rings. The molecule has 0 saturated carbocycles. The van der Waals surface area contributed by atoms with Crippen LogP contribution in [0, 0.1) is 10.1 Å². The van der Waals surface area contributed by atoms with E-state index in [1.165, 1.54) is 6.07 Å². The number of nitrogens with zero attached hydrogens (tertiary/aromatic N) is 1. The molecule has 7 heteroatoms. The monoisotopic (exact) mass is 274 g/mol. The molecule has 1 rings (SSSR count). The van der Waals surface area contributed by atoms with Gasteiger partial charge in [0, 0.05) is 12.4 Å². The highest BCUT2D eigenvalue weighted by Crippen LogP contribution is 2.15. The first kappa shape index (κ1) is 14.5. The largest absolute Gasteiger partial charge is 0.433 e. The van der Waals surface area contributed by atoms with Crippen LogP contribution in [0.5, 0.6) is 0 Å². The maximum atomic E-state index is 11.5. The molecule has 0 bridgehead atoms. The van der Waals surface area contributed by atoms with Crippen molar-refractivity contribution in [2.45, 2.75) is 25.7 Å². The summed E-state index contributed by atoms with van der Waals surface area (Å²) < 4.78 is 4.77. The van der Waals surface area contributed by atoms with Crippen molar-refractivity contribution < 1.29 is 14.1 Å². The molecule has 1 N–H and O–H groups in total. The van der Waals surface area contributed by atoms with E-state index < -0.39 is 16.7 Å². The summed E-state index contributed by atoms with van der Waals surface area (Å²) in [5.41, 5.74) is 0. The van der Waals surface area contributed by atoms with Gasteiger partial charge in [-0.15, -0.1) is 11.6 Å². The molecule has 0 aliphatic heterocycles. The topological polar surface area (TPSA) is 85.4 Å². The standard InChI is InChI=1S/C11H15ClN2O4/c12-7-3-1-2-4-8-13-11(15)9-5-6-10(18-9)14(16)17/h5-6H,1-4,7-8H2,(H,13,15). The maximum absolute atomic E-state index is 11.5. The third-order valence-corrected chi connectivity index (χ3v) is 2.61. The molecule has 0 atom stereocenters. The molecular formula is C11H15ClN2O4. The Morgan fingerprint density at radius 3 is 2.67 bits per heavy atom. The Morgan fingerprint density at radius 1 is 1.33 bits per heavy atom. The zero-order valence-electron chi connectivity index (χ0n) is 9.86. The number of rotatable bonds is 8. The number of hydrogen-bond donors (Lipinski definition) is 1. The molecule has 0 fully saturated rings. The van der Waals surface area contributed by atoms with Crippen molar-refractivity contribution >= 4 is 23.4 Å². The SMILES string of the molecule is O=C(NCCCCCCCl)c1ccc([N+](=O)[O-])o1. The zero-order chi connectivity index (χ0) is 13.4. The third kappa shape index (κ3) is 4.75. The molecule has 6 nitrogen and oxygen atoms in total. The molecule has 0 unspecified atom stereocenters. The summed E-state index contributed by atoms with van der Waals surface area (Å²) in [6, 6.07) is 2.45. The van der Waals surface area contributed by atoms with Crippen molar-refractivity contribution in [1.82, 2.24) is 5.32 Å². The van der Waals surface area contributed by atoms with Gasteiger partial charge in [0.15, 0.2) is 5.76 Å². The lowest BCUT2D eigenvalue weighted by molar-refractivity contribution is -0.402. The molecular weight excluding hydrogens is 260 g/mol. The Labute approximate surface area is 109 Å². The minimum Gasteiger partial charge on any atom is -0.395 e. The van der Waals surface area contributed by atoms with Gasteiger partial charge in [-0.05, 0) is 18.9 Å². The summed E-state index contributed by atoms with van der Waals surface area (Å²) in [4.78, 5) is 21.2. The summed E-state index contributed by atoms with van der Waals surface area (Å²) >= 11 is 5.54. The molecule has 0 radical (unpaired) electrons. The van der Waals surface area contributed by atoms with Crippen LogP contribution >= 0.6 is 11.6 Å². The summed E-state index contributed by atoms with van der Waals surface area (Å²) in [5, 5.41) is 13.0. The van der Waals surface area contributed by atoms with Crippen LogP contribution in [0.2, 0.25) is 0 Å². The minimum absolute atomic E-state index is 0.0394. The molecule has 1 amide bonds. The Hall–Kier alpha value is -1.56. The number of unbranched alkanes of at least 4 members (excludes halogenated alkanes) is 3. The highest BCUT2D eigenvalue weighted by molar-refractivity contribution is 6.17. The molecule has 100 valence electrons. The second-order valence-electron chi connectivity index (χ2n) is 3.75. The summed E-state index contributed by atoms with van der Waals surface area (Å²) in [5.74, 6) is -0.243. The van der Waals surface area contributed by atoms with Gasteiger partial charge in [-0.3, -0.25) is 14.9 Å². The Bertz CT molecular complexity index is 406. The lowest BCUT2D eigenvalue weighted by Crippen LogP contribution is -2.23. The number of carbonyl (C=O) groups excluding carboxylic acids is 1. The molecule has 18 heavy (non-hydrogen) atoms. The van der Waals surface area contributed by atoms with Gasteiger partial charge in [-0.1, -0.05) is 12.8 Å². The number of amides is 1. The van der Waals surface area contributed by atoms with Gasteiger partial charge in [0.05, 0.1) is 6.07 Å². The fraction of sp³-hybridized carbons (Fsp3) is 0.545. The lowest BCUT2D eigenvalue weighted by Gasteiger charge is -2.02. The van der Waals surface area contributed by atoms with Crippen molar-refractivity contribution in [2.75, 3.05) is 12.4 Å². The number of furan rings is 1. The minimum atomic E-state index is -0.678. The van der Waals surface area contributed by atoms with Gasteiger partial charge in [0.2, 0.25) is 0 Å². The van der Waals surface area contributed by atoms with Crippen molar-refractivity contribution in [2.24, 2.45) is 0 Å². The first-order valence-corrected chi connectivity index (χ1v) is 6.27. The van der Waals surface area contributed by atoms with Crippen LogP contribution in [0.15, 0.2) is 16.5 Å². The second-order valence-corrected chi connectivity index (χ2v) is 4.13. The number of hydrogen-bond acceptors (Lipinski definition) is 4. The van der Waals surface area contributed by atoms with Crippen LogP contribution in [0.3, 0.4) is 0 Å². The van der Waals surface area contributed by atoms with E-state index in [9.17, 15) is 14.9 Å². The first-order chi connectivity index (χ1) is 8.65. The Morgan fingerprint density at radius 2 is 2.06 bits per heavy atom. The maximum Gasteiger partial charge on any atom is 0.433 e. The summed E-state index contributed by atoms with van der Waals surface area (Å²) in [6.07, 6.45) is 3.85. The predicted molar refractivity (Wildman–Crippen MR) is 66.9 cm³/mol. The van der Waals surface area contributed by atoms with E-state index in [0.29, 0.717) is 12.4 Å². The van der Waals surface area contributed by atoms with Crippen molar-refractivity contribution in [3.63, 3.8) is 0 Å². The number of nitrogens with one attached hydrogen (secondary N) is 1. The van der Waals surface area contributed by atoms with Crippen molar-refractivity contribution in [3.05, 3.63) is 28.0 Å². The number of carbonyl (C=O) groups is 1. The van der Waals surface area contributed by atoms with Crippen LogP contribution in [-0.2, 0) is 0 Å². The van der Waals surface area contributed by atoms with Gasteiger partial charge in [-0.2, -0.15) is 0 Å². The van der Waals surface area contributed by atoms with Gasteiger partial charge in [0.1, 0.15) is 4.92 Å². The van der Waals surface area contributed by atoms with E-state index in [-0.39, 0.29) is 5.76 Å². The quantitative estimate of drug-likeness (QED) is 0.342. The van der Waals surface area contributed by atoms with Crippen molar-refractivity contribution in [3.8, 4) is 0 Å². The molecule has 1 aromatic heterocycles. The number of alkyl halides is 1. The Balaban J connectivity index is 2.25. The van der Waals surface area contributed by atoms with Crippen LogP contribution in [-0.4, -0.2) is 23.3 Å². The van der Waals surface area contributed by atoms with E-state index in [4.69, 9.17) is 16.0 Å². The summed E-state index contributed by atoms with van der Waals surface area (Å²) in [7, 11) is 0. The van der Waals surface area contributed by atoms with Crippen LogP contribution in [0.4, 0.5) is 5.88 Å². The van der Waals surface area contributed by atoms with Gasteiger partial charge >= 0.3 is 5.88 Å². The molecule has 0 spiro atoms. The number of nitro groups is 1. The predicted octanol–water partition coefficient (Wildman–Crippen LogP) is 2.72. The van der Waals surface area contributed by atoms with E-state index in [2.05, 4.69) is 5.32 Å². The summed E-state index contributed by atoms with van der Waals surface area (Å²) in [6.45, 7) is 0.523. The average Bonchev–Trinajstić information content (AvgIpc) is 2.83. The molecule has 0 saturated heterocycles. The van der Waals surface area contributed by atoms with Gasteiger partial charge < -0.3 is 9.73 Å². The fourth-order valence-electron chi connectivity index (χ4n) is 1.41. The normalized spacial score (nSPS) is 10.3. The van der Waals surface area contributed by atoms with E-state index >= 15 is 0 Å². The fourth-order valence-corrected chi connectivity index (χ4v) is 1.60. The highest BCUT2D eigenvalue weighted by Gasteiger charge is 2.16. The zero-order valence-corrected chi connectivity index (χ0v) is 10.6. The van der Waals surface area contributed by atoms with Gasteiger partial charge in [-0.25, -0.2) is 0 Å². The molecule has 0 aromatic carbocycles. The lowest BCUT2D eigenvalue weighted by atomic mass is 10.2. The Kier molecular flexibility index (Phi) is 6.21. The average molecular weight is 275 g/mol. The first-order valence-electron chi connectivity index (χ1n) is 5.73. The molecule has 1 heterocycles. The molecule has 0 aliphatic rings. The van der Waals surface area contributed by atoms with E-state index in [1.54, 1.807) is 0 Å². The third-order valence-electron chi connectivity index (χ3n) is 2.34. The van der Waals surface area contributed by atoms with E-state index in [0.717, 1.165) is 31.7 Å². The molecule has 0 aliphatic carbocycles. The smallest absolute Gasteiger partial charge is 0.395 e. The number of halogens is 1. The van der Waals surface area contributed by atoms with Crippen LogP contribution < -0.4 is 5.32 Å². The highest BCUT2D eigenvalue weighted by atomic mass is 35.5. The van der Waals surface area contributed by atoms with Gasteiger partial charge in [0.25, 0.3) is 5.91 Å². The van der Waals surface area contributed by atoms with Crippen molar-refractivity contribution in [1.29, 1.82) is 0 Å².